The highest BCUT2D eigenvalue weighted by atomic mass is 16.5. The van der Waals surface area contributed by atoms with Crippen LogP contribution in [0.2, 0.25) is 0 Å². The molecular formula is C23H20N6O2. The van der Waals surface area contributed by atoms with Crippen molar-refractivity contribution in [2.45, 2.75) is 33.1 Å². The SMILES string of the molecule is CC1=C(c2ccc3[nH]c(-c4nc(C)no4)cc3n2)N=C(C(=O)CCc2ccncc2)C1. The number of ketones is 1. The van der Waals surface area contributed by atoms with Gasteiger partial charge < -0.3 is 9.51 Å². The van der Waals surface area contributed by atoms with Gasteiger partial charge in [-0.1, -0.05) is 5.16 Å². The zero-order valence-electron chi connectivity index (χ0n) is 17.2. The number of carbonyl (C=O) groups is 1. The second kappa shape index (κ2) is 7.71. The minimum absolute atomic E-state index is 0.0722. The molecule has 0 radical (unpaired) electrons. The number of hydrogen-bond donors (Lipinski definition) is 1. The summed E-state index contributed by atoms with van der Waals surface area (Å²) in [5.41, 5.74) is 6.60. The molecule has 0 fully saturated rings. The van der Waals surface area contributed by atoms with Crippen LogP contribution in [0.1, 0.15) is 36.8 Å². The lowest BCUT2D eigenvalue weighted by Crippen LogP contribution is -2.13. The van der Waals surface area contributed by atoms with Crippen LogP contribution in [-0.4, -0.2) is 36.6 Å². The Morgan fingerprint density at radius 2 is 1.97 bits per heavy atom. The summed E-state index contributed by atoms with van der Waals surface area (Å²) >= 11 is 0. The maximum Gasteiger partial charge on any atom is 0.274 e. The number of Topliss-reactive ketones (excluding diaryl/α,β-unsaturated/α-hetero) is 1. The van der Waals surface area contributed by atoms with E-state index in [2.05, 4.69) is 25.1 Å². The summed E-state index contributed by atoms with van der Waals surface area (Å²) in [6, 6.07) is 9.59. The van der Waals surface area contributed by atoms with Gasteiger partial charge >= 0.3 is 0 Å². The molecule has 0 aliphatic carbocycles. The first-order chi connectivity index (χ1) is 15.1. The Bertz CT molecular complexity index is 1350. The molecule has 4 aromatic heterocycles. The van der Waals surface area contributed by atoms with Gasteiger partial charge in [-0.2, -0.15) is 4.98 Å². The number of nitrogens with zero attached hydrogens (tertiary/aromatic N) is 5. The van der Waals surface area contributed by atoms with Crippen LogP contribution in [0, 0.1) is 6.92 Å². The zero-order valence-corrected chi connectivity index (χ0v) is 17.2. The summed E-state index contributed by atoms with van der Waals surface area (Å²) < 4.78 is 5.23. The van der Waals surface area contributed by atoms with E-state index >= 15 is 0 Å². The number of aryl methyl sites for hydroxylation is 2. The molecule has 5 rings (SSSR count). The predicted octanol–water partition coefficient (Wildman–Crippen LogP) is 4.09. The van der Waals surface area contributed by atoms with Gasteiger partial charge in [0.2, 0.25) is 0 Å². The van der Waals surface area contributed by atoms with Crippen LogP contribution >= 0.6 is 0 Å². The Kier molecular flexibility index (Phi) is 4.74. The molecule has 5 heterocycles. The molecule has 154 valence electrons. The number of aromatic amines is 1. The number of pyridine rings is 2. The molecule has 1 N–H and O–H groups in total. The third-order valence-electron chi connectivity index (χ3n) is 5.27. The molecule has 1 aliphatic heterocycles. The monoisotopic (exact) mass is 412 g/mol. The molecule has 0 unspecified atom stereocenters. The average Bonchev–Trinajstić information content (AvgIpc) is 3.50. The van der Waals surface area contributed by atoms with Crippen LogP contribution in [0.15, 0.2) is 57.8 Å². The van der Waals surface area contributed by atoms with E-state index in [-0.39, 0.29) is 5.78 Å². The molecule has 0 amide bonds. The minimum Gasteiger partial charge on any atom is -0.349 e. The maximum absolute atomic E-state index is 12.7. The van der Waals surface area contributed by atoms with E-state index in [0.29, 0.717) is 42.4 Å². The van der Waals surface area contributed by atoms with Gasteiger partial charge in [-0.05, 0) is 61.7 Å². The molecule has 1 aliphatic rings. The molecule has 0 saturated heterocycles. The van der Waals surface area contributed by atoms with Gasteiger partial charge in [0.05, 0.1) is 28.1 Å². The molecule has 0 bridgehead atoms. The molecule has 0 atom stereocenters. The summed E-state index contributed by atoms with van der Waals surface area (Å²) in [6.45, 7) is 3.77. The Labute approximate surface area is 178 Å². The molecular weight excluding hydrogens is 392 g/mol. The van der Waals surface area contributed by atoms with Crippen molar-refractivity contribution in [3.8, 4) is 11.6 Å². The van der Waals surface area contributed by atoms with Crippen molar-refractivity contribution in [1.29, 1.82) is 0 Å². The van der Waals surface area contributed by atoms with Gasteiger partial charge in [-0.3, -0.25) is 9.78 Å². The van der Waals surface area contributed by atoms with Gasteiger partial charge in [0.15, 0.2) is 11.6 Å². The Hall–Kier alpha value is -3.94. The second-order valence-corrected chi connectivity index (χ2v) is 7.60. The number of allylic oxidation sites excluding steroid dienone is 1. The summed E-state index contributed by atoms with van der Waals surface area (Å²) in [5.74, 6) is 1.07. The maximum atomic E-state index is 12.7. The van der Waals surface area contributed by atoms with Crippen molar-refractivity contribution in [1.82, 2.24) is 25.1 Å². The molecule has 8 heteroatoms. The average molecular weight is 412 g/mol. The summed E-state index contributed by atoms with van der Waals surface area (Å²) in [5, 5.41) is 3.83. The van der Waals surface area contributed by atoms with Gasteiger partial charge in [-0.15, -0.1) is 0 Å². The van der Waals surface area contributed by atoms with Gasteiger partial charge in [0.1, 0.15) is 5.69 Å². The Morgan fingerprint density at radius 3 is 2.74 bits per heavy atom. The Morgan fingerprint density at radius 1 is 1.13 bits per heavy atom. The summed E-state index contributed by atoms with van der Waals surface area (Å²) in [7, 11) is 0. The van der Waals surface area contributed by atoms with Crippen molar-refractivity contribution >= 4 is 28.2 Å². The normalized spacial score (nSPS) is 13.8. The first-order valence-corrected chi connectivity index (χ1v) is 10.1. The van der Waals surface area contributed by atoms with Crippen LogP contribution in [0.5, 0.6) is 0 Å². The largest absolute Gasteiger partial charge is 0.349 e. The minimum atomic E-state index is 0.0722. The van der Waals surface area contributed by atoms with Crippen LogP contribution in [0.4, 0.5) is 0 Å². The summed E-state index contributed by atoms with van der Waals surface area (Å²) in [4.78, 5) is 33.6. The highest BCUT2D eigenvalue weighted by Gasteiger charge is 2.22. The van der Waals surface area contributed by atoms with E-state index in [1.54, 1.807) is 19.3 Å². The smallest absolute Gasteiger partial charge is 0.274 e. The van der Waals surface area contributed by atoms with Gasteiger partial charge in [0.25, 0.3) is 5.89 Å². The molecule has 8 nitrogen and oxygen atoms in total. The lowest BCUT2D eigenvalue weighted by Gasteiger charge is -2.01. The van der Waals surface area contributed by atoms with E-state index in [0.717, 1.165) is 33.6 Å². The zero-order chi connectivity index (χ0) is 21.4. The summed E-state index contributed by atoms with van der Waals surface area (Å²) in [6.07, 6.45) is 5.15. The van der Waals surface area contributed by atoms with Gasteiger partial charge in [0, 0.05) is 25.2 Å². The van der Waals surface area contributed by atoms with Crippen molar-refractivity contribution in [2.75, 3.05) is 0 Å². The first kappa shape index (κ1) is 19.0. The first-order valence-electron chi connectivity index (χ1n) is 10.1. The highest BCUT2D eigenvalue weighted by Crippen LogP contribution is 2.30. The molecule has 0 aromatic carbocycles. The van der Waals surface area contributed by atoms with Crippen molar-refractivity contribution in [3.63, 3.8) is 0 Å². The van der Waals surface area contributed by atoms with Crippen molar-refractivity contribution in [3.05, 3.63) is 65.4 Å². The fourth-order valence-corrected chi connectivity index (χ4v) is 3.66. The number of hydrogen-bond acceptors (Lipinski definition) is 7. The van der Waals surface area contributed by atoms with E-state index < -0.39 is 0 Å². The van der Waals surface area contributed by atoms with Crippen LogP contribution in [-0.2, 0) is 11.2 Å². The number of H-pyrrole nitrogens is 1. The second-order valence-electron chi connectivity index (χ2n) is 7.60. The van der Waals surface area contributed by atoms with E-state index in [1.807, 2.05) is 37.3 Å². The topological polar surface area (TPSA) is 110 Å². The standard InChI is InChI=1S/C23H20N6O2/c1-13-11-19(21(30)6-3-15-7-9-24-10-8-15)28-22(13)17-5-4-16-18(27-17)12-20(26-16)23-25-14(2)29-31-23/h4-5,7-10,12,26H,3,6,11H2,1-2H3. The van der Waals surface area contributed by atoms with Gasteiger partial charge in [-0.25, -0.2) is 9.98 Å². The molecule has 31 heavy (non-hydrogen) atoms. The fourth-order valence-electron chi connectivity index (χ4n) is 3.66. The van der Waals surface area contributed by atoms with Crippen LogP contribution in [0.25, 0.3) is 28.3 Å². The van der Waals surface area contributed by atoms with E-state index in [9.17, 15) is 4.79 Å². The fraction of sp³-hybridized carbons (Fsp3) is 0.217. The van der Waals surface area contributed by atoms with Crippen LogP contribution in [0.3, 0.4) is 0 Å². The number of carbonyl (C=O) groups excluding carboxylic acids is 1. The molecule has 4 aromatic rings. The Balaban J connectivity index is 1.36. The molecule has 0 spiro atoms. The van der Waals surface area contributed by atoms with Crippen molar-refractivity contribution < 1.29 is 9.32 Å². The number of rotatable bonds is 6. The van der Waals surface area contributed by atoms with Crippen molar-refractivity contribution in [2.24, 2.45) is 4.99 Å². The predicted molar refractivity (Wildman–Crippen MR) is 116 cm³/mol. The number of aromatic nitrogens is 5. The number of aliphatic imine (C=N–C) groups is 1. The number of nitrogens with one attached hydrogen (secondary N) is 1. The number of fused-ring (bicyclic) bond motifs is 1. The van der Waals surface area contributed by atoms with Crippen LogP contribution < -0.4 is 0 Å². The quantitative estimate of drug-likeness (QED) is 0.511. The molecule has 0 saturated carbocycles. The highest BCUT2D eigenvalue weighted by molar-refractivity contribution is 6.42. The van der Waals surface area contributed by atoms with E-state index in [4.69, 9.17) is 9.51 Å². The lowest BCUT2D eigenvalue weighted by atomic mass is 10.0. The third kappa shape index (κ3) is 3.79. The lowest BCUT2D eigenvalue weighted by molar-refractivity contribution is -0.113. The van der Waals surface area contributed by atoms with E-state index in [1.165, 1.54) is 0 Å². The third-order valence-corrected chi connectivity index (χ3v) is 5.27.